The number of ether oxygens (including phenoxy) is 4. The lowest BCUT2D eigenvalue weighted by Gasteiger charge is -2.27. The number of benzene rings is 4. The number of aryl methyl sites for hydroxylation is 4. The molecule has 3 N–H and O–H groups in total. The second-order valence-electron chi connectivity index (χ2n) is 22.5. The van der Waals surface area contributed by atoms with Gasteiger partial charge in [-0.1, -0.05) is 43.8 Å². The van der Waals surface area contributed by atoms with Crippen molar-refractivity contribution >= 4 is 62.7 Å². The summed E-state index contributed by atoms with van der Waals surface area (Å²) in [5.74, 6) is 0.263. The van der Waals surface area contributed by atoms with Crippen LogP contribution in [0.5, 0.6) is 11.5 Å². The molecular formula is C63H78FN13O10. The highest BCUT2D eigenvalue weighted by Gasteiger charge is 2.27. The highest BCUT2D eigenvalue weighted by molar-refractivity contribution is 5.98. The van der Waals surface area contributed by atoms with E-state index in [9.17, 15) is 34.2 Å². The molecule has 4 aromatic heterocycles. The van der Waals surface area contributed by atoms with E-state index in [2.05, 4.69) is 83.8 Å². The number of aromatic nitrogens is 6. The van der Waals surface area contributed by atoms with Crippen LogP contribution in [0.15, 0.2) is 97.6 Å². The Morgan fingerprint density at radius 2 is 1.37 bits per heavy atom. The number of rotatable bonds is 17. The number of nitrogens with one attached hydrogen (secondary N) is 3. The minimum atomic E-state index is -2.78. The van der Waals surface area contributed by atoms with E-state index in [4.69, 9.17) is 37.1 Å². The van der Waals surface area contributed by atoms with Crippen molar-refractivity contribution in [3.8, 4) is 34.0 Å². The zero-order valence-corrected chi connectivity index (χ0v) is 50.5. The third-order valence-corrected chi connectivity index (χ3v) is 13.9. The molecular weight excluding hydrogens is 1120 g/mol. The summed E-state index contributed by atoms with van der Waals surface area (Å²) in [6.07, 6.45) is 10.6. The molecule has 2 amide bonds. The average molecular weight is 1200 g/mol. The van der Waals surface area contributed by atoms with Gasteiger partial charge in [0.25, 0.3) is 5.69 Å². The summed E-state index contributed by atoms with van der Waals surface area (Å²) in [6, 6.07) is 21.3. The van der Waals surface area contributed by atoms with Gasteiger partial charge in [0.15, 0.2) is 0 Å². The molecule has 8 aromatic rings. The normalized spacial score (nSPS) is 13.4. The number of alkyl carbamates (subject to hydrolysis) is 1. The van der Waals surface area contributed by atoms with Crippen molar-refractivity contribution in [1.29, 1.82) is 0 Å². The van der Waals surface area contributed by atoms with Crippen LogP contribution in [0.25, 0.3) is 44.3 Å². The number of halogens is 1. The van der Waals surface area contributed by atoms with Gasteiger partial charge in [0, 0.05) is 144 Å². The molecule has 6 heterocycles. The molecule has 24 heteroatoms. The number of nitro benzene ring substituents is 2. The van der Waals surface area contributed by atoms with Crippen LogP contribution in [-0.2, 0) is 41.8 Å². The fraction of sp³-hybridized carbons (Fsp3) is 0.397. The Morgan fingerprint density at radius 3 is 1.92 bits per heavy atom. The second-order valence-corrected chi connectivity index (χ2v) is 22.5. The number of methoxy groups -OCH3 is 2. The minimum absolute atomic E-state index is 0.0467. The van der Waals surface area contributed by atoms with Gasteiger partial charge in [-0.3, -0.25) is 20.2 Å². The van der Waals surface area contributed by atoms with Crippen LogP contribution in [0.4, 0.5) is 42.7 Å². The van der Waals surface area contributed by atoms with Crippen molar-refractivity contribution in [2.75, 3.05) is 71.7 Å². The van der Waals surface area contributed by atoms with Gasteiger partial charge < -0.3 is 53.8 Å². The maximum absolute atomic E-state index is 14.0. The van der Waals surface area contributed by atoms with Crippen LogP contribution in [0.1, 0.15) is 92.5 Å². The predicted octanol–water partition coefficient (Wildman–Crippen LogP) is 12.1. The van der Waals surface area contributed by atoms with E-state index < -0.39 is 53.0 Å². The fourth-order valence-electron chi connectivity index (χ4n) is 10.1. The van der Waals surface area contributed by atoms with Gasteiger partial charge in [-0.15, -0.1) is 0 Å². The van der Waals surface area contributed by atoms with Crippen molar-refractivity contribution in [1.82, 2.24) is 44.6 Å². The molecule has 0 radical (unpaired) electrons. The zero-order chi connectivity index (χ0) is 68.1. The first kappa shape index (κ1) is 56.7. The molecule has 2 aliphatic heterocycles. The van der Waals surface area contributed by atoms with Crippen molar-refractivity contribution in [3.63, 3.8) is 0 Å². The third kappa shape index (κ3) is 16.1. The summed E-state index contributed by atoms with van der Waals surface area (Å²) in [5, 5.41) is 34.2. The lowest BCUT2D eigenvalue weighted by Crippen LogP contribution is -2.38. The summed E-state index contributed by atoms with van der Waals surface area (Å²) in [6.45, 7) is 10.6. The summed E-state index contributed by atoms with van der Waals surface area (Å²) >= 11 is 0. The minimum Gasteiger partial charge on any atom is -0.496 e. The predicted molar refractivity (Wildman–Crippen MR) is 335 cm³/mol. The molecule has 0 bridgehead atoms. The molecule has 0 aliphatic carbocycles. The van der Waals surface area contributed by atoms with Crippen LogP contribution in [0, 0.1) is 26.0 Å². The molecule has 23 nitrogen and oxygen atoms in total. The van der Waals surface area contributed by atoms with Gasteiger partial charge in [-0.05, 0) is 97.5 Å². The number of hydrogen-bond donors (Lipinski definition) is 3. The Kier molecular flexibility index (Phi) is 18.3. The second kappa shape index (κ2) is 28.2. The van der Waals surface area contributed by atoms with E-state index in [0.29, 0.717) is 28.5 Å². The van der Waals surface area contributed by atoms with Crippen LogP contribution >= 0.6 is 0 Å². The molecule has 462 valence electrons. The first-order valence-electron chi connectivity index (χ1n) is 31.2. The lowest BCUT2D eigenvalue weighted by atomic mass is 10.0. The van der Waals surface area contributed by atoms with Gasteiger partial charge in [-0.25, -0.2) is 29.5 Å². The smallest absolute Gasteiger partial charge is 0.410 e. The lowest BCUT2D eigenvalue weighted by molar-refractivity contribution is -0.387. The number of likely N-dealkylation sites (N-methyl/N-ethyl adjacent to an activating group) is 3. The van der Waals surface area contributed by atoms with Crippen LogP contribution in [-0.4, -0.2) is 129 Å². The zero-order valence-electron chi connectivity index (χ0n) is 56.5. The molecule has 10 rings (SSSR count). The summed E-state index contributed by atoms with van der Waals surface area (Å²) in [4.78, 5) is 65.9. The molecule has 4 aromatic carbocycles. The number of amides is 2. The Morgan fingerprint density at radius 1 is 0.782 bits per heavy atom. The van der Waals surface area contributed by atoms with E-state index in [1.165, 1.54) is 59.5 Å². The van der Waals surface area contributed by atoms with Gasteiger partial charge >= 0.3 is 17.9 Å². The van der Waals surface area contributed by atoms with E-state index in [1.807, 2.05) is 40.0 Å². The summed E-state index contributed by atoms with van der Waals surface area (Å²) in [7, 11) is 4.80. The van der Waals surface area contributed by atoms with E-state index in [1.54, 1.807) is 40.2 Å². The Labute approximate surface area is 514 Å². The van der Waals surface area contributed by atoms with Gasteiger partial charge in [0.2, 0.25) is 11.8 Å². The van der Waals surface area contributed by atoms with Gasteiger partial charge in [-0.2, -0.15) is 4.39 Å². The highest BCUT2D eigenvalue weighted by Crippen LogP contribution is 2.41. The molecule has 0 unspecified atom stereocenters. The number of nitro groups is 2. The number of hydrogen-bond acceptors (Lipinski definition) is 17. The molecule has 0 spiro atoms. The third-order valence-electron chi connectivity index (χ3n) is 13.9. The molecule has 87 heavy (non-hydrogen) atoms. The van der Waals surface area contributed by atoms with Crippen molar-refractivity contribution in [2.24, 2.45) is 0 Å². The molecule has 0 fully saturated rings. The van der Waals surface area contributed by atoms with E-state index >= 15 is 0 Å². The van der Waals surface area contributed by atoms with Crippen molar-refractivity contribution < 1.29 is 51.0 Å². The first-order chi connectivity index (χ1) is 43.9. The largest absolute Gasteiger partial charge is 0.496 e. The standard InChI is InChI=1S/C31H37N7O5.C23H19FN4O3.C8H18N2O2.CH4/c1-31(2,3)43-30(39)36(5)16-15-35(4)25-18-27(42-6)24(17-26(25)38(40)41)34-29-32-13-12-23(33-29)22-19-37-14-8-10-20-9-7-11-21(22)28(20)37;1-31-21-12-18(24)20(28(29)30)10-15(21)11-22-25-8-7-19(26-22)17-13-27-9-3-5-14-4-2-6-16(17)23(14)27;1-8(2,3)12-7(11)10-6-5-9-4;/h7,9,11-13,17-19H,8,10,14-16H2,1-6H3,(H,32,33,34);2,4,6-8,10,12-13H,3,5,9,11H2,1H3;9H,5-6H2,1-4H3,(H,10,11);1H4/i5D3;;;1D3. The number of para-hydroxylation sites is 2. The number of nitrogens with zero attached hydrogens (tertiary/aromatic N) is 10. The van der Waals surface area contributed by atoms with Gasteiger partial charge in [0.05, 0.1) is 52.2 Å². The van der Waals surface area contributed by atoms with Crippen molar-refractivity contribution in [2.45, 2.75) is 105 Å². The van der Waals surface area contributed by atoms with Crippen molar-refractivity contribution in [3.05, 3.63) is 146 Å². The quantitative estimate of drug-likeness (QED) is 0.0435. The molecule has 2 aliphatic rings. The Bertz CT molecular complexity index is 3970. The van der Waals surface area contributed by atoms with E-state index in [-0.39, 0.29) is 60.1 Å². The molecule has 0 atom stereocenters. The maximum Gasteiger partial charge on any atom is 0.410 e. The first-order valence-corrected chi connectivity index (χ1v) is 28.0. The monoisotopic (exact) mass is 1200 g/mol. The topological polar surface area (TPSA) is 261 Å². The van der Waals surface area contributed by atoms with Gasteiger partial charge in [0.1, 0.15) is 34.2 Å². The summed E-state index contributed by atoms with van der Waals surface area (Å²) in [5.41, 5.74) is 7.28. The fourth-order valence-corrected chi connectivity index (χ4v) is 10.1. The highest BCUT2D eigenvalue weighted by atomic mass is 19.1. The van der Waals surface area contributed by atoms with E-state index in [0.717, 1.165) is 79.0 Å². The van der Waals surface area contributed by atoms with Crippen LogP contribution in [0.2, 0.25) is 0 Å². The Balaban J connectivity index is 0.000000222. The summed E-state index contributed by atoms with van der Waals surface area (Å²) < 4.78 is 80.7. The SMILES string of the molecule is CNCCNC(=O)OC(C)(C)C.COc1cc(F)c([N+](=O)[O-])cc1Cc1nccc(-c2cn3c4c(cccc24)CCC3)n1.[2H]C([2H])([2H])N(CCN(C)c1cc(OC)c(Nc2nccc(-c3cn4c5c(cccc35)CCC4)n2)cc1[N+](=O)[O-])C(=O)OC(C)(C)C.[2H]C([2H])[2H]. The Hall–Kier alpha value is -9.45. The number of carbonyl (C=O) groups is 2. The maximum atomic E-state index is 14.0. The van der Waals surface area contributed by atoms with Crippen LogP contribution < -0.4 is 30.3 Å². The molecule has 0 saturated carbocycles. The number of anilines is 3. The number of carbonyl (C=O) groups excluding carboxylic acids is 2. The molecule has 0 saturated heterocycles. The average Bonchev–Trinajstić information content (AvgIpc) is 1.62. The van der Waals surface area contributed by atoms with Crippen LogP contribution in [0.3, 0.4) is 0 Å².